The fourth-order valence-corrected chi connectivity index (χ4v) is 2.07. The molecule has 2 nitrogen and oxygen atoms in total. The quantitative estimate of drug-likeness (QED) is 0.735. The van der Waals surface area contributed by atoms with Gasteiger partial charge in [-0.3, -0.25) is 4.98 Å². The third-order valence-electron chi connectivity index (χ3n) is 2.07. The van der Waals surface area contributed by atoms with Crippen molar-refractivity contribution in [2.75, 3.05) is 0 Å². The molecule has 0 saturated heterocycles. The molecule has 0 amide bonds. The molecular formula is C12H8BrCl2NO. The largest absolute Gasteiger partial charge is 0.455 e. The number of aromatic nitrogens is 1. The molecule has 17 heavy (non-hydrogen) atoms. The van der Waals surface area contributed by atoms with E-state index in [0.29, 0.717) is 22.4 Å². The van der Waals surface area contributed by atoms with E-state index in [2.05, 4.69) is 20.9 Å². The zero-order valence-corrected chi connectivity index (χ0v) is 11.8. The maximum Gasteiger partial charge on any atom is 0.146 e. The molecule has 88 valence electrons. The maximum atomic E-state index is 5.89. The highest BCUT2D eigenvalue weighted by molar-refractivity contribution is 9.10. The standard InChI is InChI=1S/C12H8BrCl2NO/c13-9-4-11(7-16-6-9)17-12-2-1-10(15)3-8(12)5-14/h1-4,6-7H,5H2. The Hall–Kier alpha value is -0.770. The summed E-state index contributed by atoms with van der Waals surface area (Å²) >= 11 is 15.1. The first-order valence-corrected chi connectivity index (χ1v) is 6.52. The van der Waals surface area contributed by atoms with E-state index in [1.54, 1.807) is 30.6 Å². The molecule has 5 heteroatoms. The van der Waals surface area contributed by atoms with E-state index >= 15 is 0 Å². The van der Waals surface area contributed by atoms with Crippen LogP contribution in [0.4, 0.5) is 0 Å². The van der Waals surface area contributed by atoms with Gasteiger partial charge in [-0.05, 0) is 40.2 Å². The molecule has 0 aliphatic heterocycles. The van der Waals surface area contributed by atoms with Gasteiger partial charge in [0.05, 0.1) is 12.1 Å². The monoisotopic (exact) mass is 331 g/mol. The summed E-state index contributed by atoms with van der Waals surface area (Å²) in [5.41, 5.74) is 0.846. The van der Waals surface area contributed by atoms with Crippen LogP contribution in [0.3, 0.4) is 0 Å². The lowest BCUT2D eigenvalue weighted by molar-refractivity contribution is 0.475. The summed E-state index contributed by atoms with van der Waals surface area (Å²) in [6.45, 7) is 0. The molecule has 0 fully saturated rings. The molecule has 0 N–H and O–H groups in total. The van der Waals surface area contributed by atoms with E-state index < -0.39 is 0 Å². The van der Waals surface area contributed by atoms with Crippen LogP contribution in [0.15, 0.2) is 41.1 Å². The highest BCUT2D eigenvalue weighted by Gasteiger charge is 2.05. The lowest BCUT2D eigenvalue weighted by Gasteiger charge is -2.09. The van der Waals surface area contributed by atoms with Crippen LogP contribution < -0.4 is 4.74 Å². The number of benzene rings is 1. The predicted molar refractivity (Wildman–Crippen MR) is 73.0 cm³/mol. The zero-order chi connectivity index (χ0) is 12.3. The summed E-state index contributed by atoms with van der Waals surface area (Å²) in [7, 11) is 0. The Bertz CT molecular complexity index is 534. The van der Waals surface area contributed by atoms with Gasteiger partial charge in [-0.15, -0.1) is 11.6 Å². The Morgan fingerprint density at radius 2 is 2.06 bits per heavy atom. The van der Waals surface area contributed by atoms with Gasteiger partial charge in [0, 0.05) is 21.3 Å². The first-order chi connectivity index (χ1) is 8.19. The number of hydrogen-bond donors (Lipinski definition) is 0. The first kappa shape index (κ1) is 12.7. The zero-order valence-electron chi connectivity index (χ0n) is 8.66. The summed E-state index contributed by atoms with van der Waals surface area (Å²) in [5.74, 6) is 1.68. The van der Waals surface area contributed by atoms with Gasteiger partial charge in [0.15, 0.2) is 0 Å². The smallest absolute Gasteiger partial charge is 0.146 e. The second-order valence-corrected chi connectivity index (χ2v) is 4.95. The molecule has 2 aromatic rings. The van der Waals surface area contributed by atoms with Crippen molar-refractivity contribution in [1.82, 2.24) is 4.98 Å². The number of pyridine rings is 1. The third-order valence-corrected chi connectivity index (χ3v) is 3.03. The van der Waals surface area contributed by atoms with Crippen molar-refractivity contribution >= 4 is 39.1 Å². The van der Waals surface area contributed by atoms with Gasteiger partial charge >= 0.3 is 0 Å². The van der Waals surface area contributed by atoms with Crippen molar-refractivity contribution in [3.8, 4) is 11.5 Å². The van der Waals surface area contributed by atoms with Gasteiger partial charge in [-0.2, -0.15) is 0 Å². The average Bonchev–Trinajstić information content (AvgIpc) is 2.31. The minimum atomic E-state index is 0.345. The fourth-order valence-electron chi connectivity index (χ4n) is 1.33. The van der Waals surface area contributed by atoms with Crippen LogP contribution in [0.1, 0.15) is 5.56 Å². The van der Waals surface area contributed by atoms with E-state index in [1.165, 1.54) is 0 Å². The Kier molecular flexibility index (Phi) is 4.26. The van der Waals surface area contributed by atoms with Crippen LogP contribution in [0, 0.1) is 0 Å². The number of rotatable bonds is 3. The molecule has 2 rings (SSSR count). The van der Waals surface area contributed by atoms with Gasteiger partial charge in [0.1, 0.15) is 11.5 Å². The SMILES string of the molecule is ClCc1cc(Cl)ccc1Oc1cncc(Br)c1. The molecule has 1 heterocycles. The van der Waals surface area contributed by atoms with Crippen LogP contribution in [-0.2, 0) is 5.88 Å². The third kappa shape index (κ3) is 3.35. The minimum absolute atomic E-state index is 0.345. The number of alkyl halides is 1. The maximum absolute atomic E-state index is 5.89. The van der Waals surface area contributed by atoms with Crippen molar-refractivity contribution < 1.29 is 4.74 Å². The molecular weight excluding hydrogens is 325 g/mol. The van der Waals surface area contributed by atoms with Crippen molar-refractivity contribution in [1.29, 1.82) is 0 Å². The molecule has 1 aromatic heterocycles. The van der Waals surface area contributed by atoms with Crippen LogP contribution >= 0.6 is 39.1 Å². The fraction of sp³-hybridized carbons (Fsp3) is 0.0833. The highest BCUT2D eigenvalue weighted by atomic mass is 79.9. The molecule has 0 bridgehead atoms. The van der Waals surface area contributed by atoms with Gasteiger partial charge < -0.3 is 4.74 Å². The van der Waals surface area contributed by atoms with E-state index in [9.17, 15) is 0 Å². The topological polar surface area (TPSA) is 22.1 Å². The molecule has 0 saturated carbocycles. The average molecular weight is 333 g/mol. The molecule has 0 atom stereocenters. The van der Waals surface area contributed by atoms with Gasteiger partial charge in [0.25, 0.3) is 0 Å². The van der Waals surface area contributed by atoms with Crippen LogP contribution in [0.2, 0.25) is 5.02 Å². The Labute approximate surface area is 118 Å². The summed E-state index contributed by atoms with van der Waals surface area (Å²) in [6, 6.07) is 7.17. The number of halogens is 3. The summed E-state index contributed by atoms with van der Waals surface area (Å²) < 4.78 is 6.56. The van der Waals surface area contributed by atoms with E-state index in [0.717, 1.165) is 10.0 Å². The molecule has 0 unspecified atom stereocenters. The van der Waals surface area contributed by atoms with Crippen molar-refractivity contribution in [2.45, 2.75) is 5.88 Å². The number of nitrogens with zero attached hydrogens (tertiary/aromatic N) is 1. The van der Waals surface area contributed by atoms with E-state index in [-0.39, 0.29) is 0 Å². The Morgan fingerprint density at radius 3 is 2.76 bits per heavy atom. The second-order valence-electron chi connectivity index (χ2n) is 3.33. The Morgan fingerprint density at radius 1 is 1.24 bits per heavy atom. The molecule has 0 spiro atoms. The summed E-state index contributed by atoms with van der Waals surface area (Å²) in [5, 5.41) is 0.639. The number of ether oxygens (including phenoxy) is 1. The van der Waals surface area contributed by atoms with Gasteiger partial charge in [0.2, 0.25) is 0 Å². The summed E-state index contributed by atoms with van der Waals surface area (Å²) in [6.07, 6.45) is 3.33. The van der Waals surface area contributed by atoms with Crippen LogP contribution in [0.25, 0.3) is 0 Å². The molecule has 0 radical (unpaired) electrons. The molecule has 0 aliphatic rings. The van der Waals surface area contributed by atoms with Crippen LogP contribution in [-0.4, -0.2) is 4.98 Å². The second kappa shape index (κ2) is 5.71. The Balaban J connectivity index is 2.29. The predicted octanol–water partition coefficient (Wildman–Crippen LogP) is 5.03. The normalized spacial score (nSPS) is 10.3. The minimum Gasteiger partial charge on any atom is -0.455 e. The van der Waals surface area contributed by atoms with E-state index in [4.69, 9.17) is 27.9 Å². The number of hydrogen-bond acceptors (Lipinski definition) is 2. The lowest BCUT2D eigenvalue weighted by Crippen LogP contribution is -1.90. The molecule has 0 aliphatic carbocycles. The summed E-state index contributed by atoms with van der Waals surface area (Å²) in [4.78, 5) is 4.02. The van der Waals surface area contributed by atoms with Crippen molar-refractivity contribution in [3.05, 3.63) is 51.7 Å². The van der Waals surface area contributed by atoms with Gasteiger partial charge in [-0.25, -0.2) is 0 Å². The van der Waals surface area contributed by atoms with Crippen molar-refractivity contribution in [2.24, 2.45) is 0 Å². The first-order valence-electron chi connectivity index (χ1n) is 4.82. The lowest BCUT2D eigenvalue weighted by atomic mass is 10.2. The molecule has 1 aromatic carbocycles. The highest BCUT2D eigenvalue weighted by Crippen LogP contribution is 2.29. The van der Waals surface area contributed by atoms with E-state index in [1.807, 2.05) is 6.07 Å². The van der Waals surface area contributed by atoms with Crippen LogP contribution in [0.5, 0.6) is 11.5 Å². The van der Waals surface area contributed by atoms with Gasteiger partial charge in [-0.1, -0.05) is 11.6 Å². The van der Waals surface area contributed by atoms with Crippen molar-refractivity contribution in [3.63, 3.8) is 0 Å².